The molecule has 0 saturated heterocycles. The second-order valence-corrected chi connectivity index (χ2v) is 3.00. The van der Waals surface area contributed by atoms with Gasteiger partial charge >= 0.3 is 11.9 Å². The quantitative estimate of drug-likeness (QED) is 0.758. The van der Waals surface area contributed by atoms with Gasteiger partial charge in [0.05, 0.1) is 14.2 Å². The molecule has 0 atom stereocenters. The largest absolute Gasteiger partial charge is 0.465 e. The first kappa shape index (κ1) is 10.8. The third-order valence-corrected chi connectivity index (χ3v) is 2.12. The second-order valence-electron chi connectivity index (χ2n) is 2.28. The second kappa shape index (κ2) is 4.28. The Labute approximate surface area is 88.1 Å². The number of hydrogen-bond donors (Lipinski definition) is 0. The van der Waals surface area contributed by atoms with Crippen LogP contribution in [0.5, 0.6) is 0 Å². The summed E-state index contributed by atoms with van der Waals surface area (Å²) in [4.78, 5) is 22.4. The van der Waals surface area contributed by atoms with Gasteiger partial charge < -0.3 is 13.9 Å². The lowest BCUT2D eigenvalue weighted by atomic mass is 10.2. The van der Waals surface area contributed by atoms with Crippen molar-refractivity contribution in [3.63, 3.8) is 0 Å². The zero-order valence-electron chi connectivity index (χ0n) is 7.50. The van der Waals surface area contributed by atoms with E-state index in [1.807, 2.05) is 0 Å². The minimum Gasteiger partial charge on any atom is -0.465 e. The molecule has 0 unspecified atom stereocenters. The van der Waals surface area contributed by atoms with Crippen LogP contribution < -0.4 is 0 Å². The van der Waals surface area contributed by atoms with Gasteiger partial charge in [-0.15, -0.1) is 0 Å². The minimum atomic E-state index is -0.661. The van der Waals surface area contributed by atoms with Gasteiger partial charge in [-0.1, -0.05) is 0 Å². The molecule has 0 N–H and O–H groups in total. The molecule has 0 fully saturated rings. The van der Waals surface area contributed by atoms with Crippen molar-refractivity contribution in [2.45, 2.75) is 0 Å². The third-order valence-electron chi connectivity index (χ3n) is 1.54. The molecule has 5 nitrogen and oxygen atoms in total. The van der Waals surface area contributed by atoms with Gasteiger partial charge in [0.2, 0.25) is 0 Å². The molecular formula is C8H7BrO5. The lowest BCUT2D eigenvalue weighted by Crippen LogP contribution is -2.09. The smallest absolute Gasteiger partial charge is 0.343 e. The average molecular weight is 263 g/mol. The zero-order chi connectivity index (χ0) is 10.7. The van der Waals surface area contributed by atoms with Crippen LogP contribution in [-0.4, -0.2) is 26.2 Å². The summed E-state index contributed by atoms with van der Waals surface area (Å²) in [5, 5.41) is 0. The first-order valence-electron chi connectivity index (χ1n) is 3.55. The number of hydrogen-bond acceptors (Lipinski definition) is 5. The Morgan fingerprint density at radius 2 is 1.86 bits per heavy atom. The maximum atomic E-state index is 11.2. The normalized spacial score (nSPS) is 9.64. The average Bonchev–Trinajstić information content (AvgIpc) is 2.58. The summed E-state index contributed by atoms with van der Waals surface area (Å²) in [6, 6.07) is 0. The Balaban J connectivity index is 3.19. The van der Waals surface area contributed by atoms with Gasteiger partial charge in [0.1, 0.15) is 17.4 Å². The van der Waals surface area contributed by atoms with Crippen LogP contribution in [0.4, 0.5) is 0 Å². The Hall–Kier alpha value is -1.30. The third kappa shape index (κ3) is 1.79. The fourth-order valence-electron chi connectivity index (χ4n) is 0.887. The lowest BCUT2D eigenvalue weighted by Gasteiger charge is -1.99. The Bertz CT molecular complexity index is 368. The van der Waals surface area contributed by atoms with Crippen molar-refractivity contribution in [3.05, 3.63) is 22.1 Å². The highest BCUT2D eigenvalue weighted by atomic mass is 79.9. The number of carbonyl (C=O) groups excluding carboxylic acids is 2. The molecule has 1 rings (SSSR count). The maximum Gasteiger partial charge on any atom is 0.343 e. The highest BCUT2D eigenvalue weighted by Gasteiger charge is 2.25. The van der Waals surface area contributed by atoms with E-state index in [1.165, 1.54) is 14.2 Å². The predicted molar refractivity (Wildman–Crippen MR) is 49.1 cm³/mol. The van der Waals surface area contributed by atoms with Crippen molar-refractivity contribution in [1.82, 2.24) is 0 Å². The standard InChI is InChI=1S/C8H7BrO5/c1-12-7(10)4-3-14-6(9)5(4)8(11)13-2/h3H,1-2H3. The molecule has 76 valence electrons. The molecule has 0 aliphatic heterocycles. The van der Waals surface area contributed by atoms with Crippen LogP contribution in [0, 0.1) is 0 Å². The highest BCUT2D eigenvalue weighted by Crippen LogP contribution is 2.24. The van der Waals surface area contributed by atoms with E-state index in [2.05, 4.69) is 25.4 Å². The van der Waals surface area contributed by atoms with Crippen LogP contribution in [0.15, 0.2) is 15.3 Å². The van der Waals surface area contributed by atoms with E-state index in [0.29, 0.717) is 0 Å². The fourth-order valence-corrected chi connectivity index (χ4v) is 1.36. The molecule has 0 aliphatic carbocycles. The molecule has 0 radical (unpaired) electrons. The predicted octanol–water partition coefficient (Wildman–Crippen LogP) is 1.62. The van der Waals surface area contributed by atoms with Crippen molar-refractivity contribution in [1.29, 1.82) is 0 Å². The molecule has 0 bridgehead atoms. The number of halogens is 1. The van der Waals surface area contributed by atoms with Crippen LogP contribution in [0.2, 0.25) is 0 Å². The van der Waals surface area contributed by atoms with E-state index >= 15 is 0 Å². The Kier molecular flexibility index (Phi) is 3.29. The van der Waals surface area contributed by atoms with Crippen LogP contribution in [-0.2, 0) is 9.47 Å². The SMILES string of the molecule is COC(=O)c1coc(Br)c1C(=O)OC. The summed E-state index contributed by atoms with van der Waals surface area (Å²) in [6.07, 6.45) is 1.13. The summed E-state index contributed by atoms with van der Waals surface area (Å²) in [7, 11) is 2.42. The van der Waals surface area contributed by atoms with Crippen LogP contribution in [0.1, 0.15) is 20.7 Å². The molecule has 1 aromatic rings. The monoisotopic (exact) mass is 262 g/mol. The van der Waals surface area contributed by atoms with E-state index in [9.17, 15) is 9.59 Å². The molecule has 0 amide bonds. The van der Waals surface area contributed by atoms with Gasteiger partial charge in [-0.25, -0.2) is 9.59 Å². The van der Waals surface area contributed by atoms with E-state index < -0.39 is 11.9 Å². The first-order valence-corrected chi connectivity index (χ1v) is 4.34. The lowest BCUT2D eigenvalue weighted by molar-refractivity contribution is 0.0556. The maximum absolute atomic E-state index is 11.2. The molecule has 6 heteroatoms. The zero-order valence-corrected chi connectivity index (χ0v) is 9.08. The number of methoxy groups -OCH3 is 2. The highest BCUT2D eigenvalue weighted by molar-refractivity contribution is 9.10. The number of furan rings is 1. The molecule has 0 saturated carbocycles. The van der Waals surface area contributed by atoms with Crippen molar-refractivity contribution in [2.75, 3.05) is 14.2 Å². The van der Waals surface area contributed by atoms with Crippen molar-refractivity contribution in [2.24, 2.45) is 0 Å². The van der Waals surface area contributed by atoms with Crippen molar-refractivity contribution in [3.8, 4) is 0 Å². The first-order chi connectivity index (χ1) is 6.61. The van der Waals surface area contributed by atoms with Crippen LogP contribution in [0.3, 0.4) is 0 Å². The van der Waals surface area contributed by atoms with E-state index in [0.717, 1.165) is 6.26 Å². The number of esters is 2. The number of ether oxygens (including phenoxy) is 2. The van der Waals surface area contributed by atoms with Crippen LogP contribution >= 0.6 is 15.9 Å². The van der Waals surface area contributed by atoms with Gasteiger partial charge in [0.15, 0.2) is 4.67 Å². The van der Waals surface area contributed by atoms with E-state index in [4.69, 9.17) is 4.42 Å². The molecule has 0 spiro atoms. The number of carbonyl (C=O) groups is 2. The molecule has 1 aromatic heterocycles. The van der Waals surface area contributed by atoms with E-state index in [-0.39, 0.29) is 15.8 Å². The topological polar surface area (TPSA) is 65.7 Å². The number of rotatable bonds is 2. The molecule has 0 aliphatic rings. The van der Waals surface area contributed by atoms with Crippen LogP contribution in [0.25, 0.3) is 0 Å². The summed E-state index contributed by atoms with van der Waals surface area (Å²) < 4.78 is 13.9. The fraction of sp³-hybridized carbons (Fsp3) is 0.250. The van der Waals surface area contributed by atoms with Crippen molar-refractivity contribution >= 4 is 27.9 Å². The Morgan fingerprint density at radius 3 is 2.36 bits per heavy atom. The Morgan fingerprint density at radius 1 is 1.29 bits per heavy atom. The van der Waals surface area contributed by atoms with Crippen molar-refractivity contribution < 1.29 is 23.5 Å². The molecule has 1 heterocycles. The summed E-state index contributed by atoms with van der Waals surface area (Å²) in [5.41, 5.74) is 0.0607. The molecule has 0 aromatic carbocycles. The minimum absolute atomic E-state index is 0.0272. The summed E-state index contributed by atoms with van der Waals surface area (Å²) in [6.45, 7) is 0. The van der Waals surface area contributed by atoms with Gasteiger partial charge in [0, 0.05) is 0 Å². The molecular weight excluding hydrogens is 256 g/mol. The molecule has 14 heavy (non-hydrogen) atoms. The summed E-state index contributed by atoms with van der Waals surface area (Å²) >= 11 is 2.98. The van der Waals surface area contributed by atoms with Gasteiger partial charge in [0.25, 0.3) is 0 Å². The van der Waals surface area contributed by atoms with Gasteiger partial charge in [-0.2, -0.15) is 0 Å². The van der Waals surface area contributed by atoms with Gasteiger partial charge in [-0.05, 0) is 15.9 Å². The van der Waals surface area contributed by atoms with E-state index in [1.54, 1.807) is 0 Å². The van der Waals surface area contributed by atoms with Gasteiger partial charge in [-0.3, -0.25) is 0 Å². The summed E-state index contributed by atoms with van der Waals surface area (Å²) in [5.74, 6) is -1.31.